The van der Waals surface area contributed by atoms with Crippen LogP contribution in [0, 0.1) is 16.8 Å². The summed E-state index contributed by atoms with van der Waals surface area (Å²) in [7, 11) is -3.58. The summed E-state index contributed by atoms with van der Waals surface area (Å²) in [6.45, 7) is 1.03. The second kappa shape index (κ2) is 4.98. The molecule has 7 heteroatoms. The van der Waals surface area contributed by atoms with Crippen molar-refractivity contribution >= 4 is 21.4 Å². The summed E-state index contributed by atoms with van der Waals surface area (Å²) in [5.41, 5.74) is 4.24. The van der Waals surface area contributed by atoms with Crippen LogP contribution in [-0.4, -0.2) is 30.8 Å². The molecule has 20 heavy (non-hydrogen) atoms. The summed E-state index contributed by atoms with van der Waals surface area (Å²) >= 11 is 1.32. The van der Waals surface area contributed by atoms with E-state index in [1.807, 2.05) is 6.07 Å². The van der Waals surface area contributed by atoms with Crippen LogP contribution in [0.15, 0.2) is 28.5 Å². The van der Waals surface area contributed by atoms with E-state index in [9.17, 15) is 8.42 Å². The van der Waals surface area contributed by atoms with Crippen LogP contribution in [0.5, 0.6) is 0 Å². The molecule has 3 rings (SSSR count). The Morgan fingerprint density at radius 1 is 1.40 bits per heavy atom. The first-order valence-corrected chi connectivity index (χ1v) is 8.31. The molecule has 0 spiro atoms. The van der Waals surface area contributed by atoms with Crippen molar-refractivity contribution in [2.45, 2.75) is 11.3 Å². The molecule has 2 heterocycles. The molecule has 0 N–H and O–H groups in total. The fourth-order valence-electron chi connectivity index (χ4n) is 1.97. The summed E-state index contributed by atoms with van der Waals surface area (Å²) < 4.78 is 26.3. The molecular weight excluding hydrogens is 294 g/mol. The summed E-state index contributed by atoms with van der Waals surface area (Å²) in [5.74, 6) is 0. The Balaban J connectivity index is 2.13. The fourth-order valence-corrected chi connectivity index (χ4v) is 4.16. The van der Waals surface area contributed by atoms with Gasteiger partial charge in [0.05, 0.1) is 11.3 Å². The molecule has 1 aromatic carbocycles. The van der Waals surface area contributed by atoms with Crippen molar-refractivity contribution in [2.75, 3.05) is 13.1 Å². The van der Waals surface area contributed by atoms with Crippen molar-refractivity contribution in [1.29, 1.82) is 5.26 Å². The second-order valence-electron chi connectivity index (χ2n) is 4.40. The van der Waals surface area contributed by atoms with Gasteiger partial charge in [0.25, 0.3) is 0 Å². The highest BCUT2D eigenvalue weighted by molar-refractivity contribution is 7.89. The van der Waals surface area contributed by atoms with Gasteiger partial charge >= 0.3 is 0 Å². The normalized spacial score (nSPS) is 15.6. The predicted octanol–water partition coefficient (Wildman–Crippen LogP) is 1.88. The third kappa shape index (κ3) is 2.12. The Morgan fingerprint density at radius 3 is 2.75 bits per heavy atom. The van der Waals surface area contributed by atoms with Crippen LogP contribution in [0.1, 0.15) is 12.0 Å². The van der Waals surface area contributed by atoms with Crippen molar-refractivity contribution < 1.29 is 8.42 Å². The number of benzene rings is 1. The number of aromatic nitrogens is 1. The molecule has 0 unspecified atom stereocenters. The number of hydrogen-bond acceptors (Lipinski definition) is 5. The molecule has 5 nitrogen and oxygen atoms in total. The van der Waals surface area contributed by atoms with Gasteiger partial charge in [-0.15, -0.1) is 11.3 Å². The number of thiazole rings is 1. The lowest BCUT2D eigenvalue weighted by Gasteiger charge is -2.30. The van der Waals surface area contributed by atoms with Crippen molar-refractivity contribution in [2.24, 2.45) is 0 Å². The number of nitriles is 1. The Labute approximate surface area is 121 Å². The van der Waals surface area contributed by atoms with E-state index in [1.165, 1.54) is 27.8 Å². The van der Waals surface area contributed by atoms with E-state index < -0.39 is 10.0 Å². The highest BCUT2D eigenvalue weighted by Crippen LogP contribution is 2.28. The van der Waals surface area contributed by atoms with Crippen molar-refractivity contribution in [3.05, 3.63) is 34.7 Å². The molecule has 0 amide bonds. The number of nitrogens with zero attached hydrogens (tertiary/aromatic N) is 3. The molecule has 1 aromatic heterocycles. The zero-order chi connectivity index (χ0) is 14.2. The Bertz CT molecular complexity index is 772. The van der Waals surface area contributed by atoms with Gasteiger partial charge in [0.15, 0.2) is 5.51 Å². The van der Waals surface area contributed by atoms with Gasteiger partial charge in [-0.2, -0.15) is 9.57 Å². The molecule has 0 saturated carbocycles. The van der Waals surface area contributed by atoms with Crippen molar-refractivity contribution in [1.82, 2.24) is 9.29 Å². The quantitative estimate of drug-likeness (QED) is 0.867. The molecule has 1 aliphatic rings. The summed E-state index contributed by atoms with van der Waals surface area (Å²) in [6, 6.07) is 6.70. The van der Waals surface area contributed by atoms with E-state index in [1.54, 1.807) is 11.4 Å². The number of rotatable bonds is 3. The minimum Gasteiger partial charge on any atom is -0.233 e. The highest BCUT2D eigenvalue weighted by atomic mass is 32.2. The third-order valence-corrected chi connectivity index (χ3v) is 5.70. The average molecular weight is 304 g/mol. The molecule has 1 saturated heterocycles. The maximum atomic E-state index is 12.5. The molecule has 0 aliphatic carbocycles. The van der Waals surface area contributed by atoms with E-state index in [0.717, 1.165) is 6.42 Å². The van der Waals surface area contributed by atoms with Crippen molar-refractivity contribution in [3.63, 3.8) is 0 Å². The van der Waals surface area contributed by atoms with Gasteiger partial charge in [0.2, 0.25) is 10.0 Å². The molecule has 0 bridgehead atoms. The lowest BCUT2D eigenvalue weighted by atomic mass is 10.1. The minimum atomic E-state index is -3.58. The standard InChI is InChI=1S/C13H10N3O2S2/c14-7-11-3-2-10(12-8-19-9-15-12)6-13(11)20(17,18)16-4-1-5-16/h2-3,6,8H,1,4-5H2. The van der Waals surface area contributed by atoms with E-state index in [0.29, 0.717) is 24.3 Å². The van der Waals surface area contributed by atoms with Crippen LogP contribution in [0.25, 0.3) is 11.3 Å². The zero-order valence-corrected chi connectivity index (χ0v) is 12.0. The van der Waals surface area contributed by atoms with E-state index in [2.05, 4.69) is 10.5 Å². The third-order valence-electron chi connectivity index (χ3n) is 3.22. The van der Waals surface area contributed by atoms with Gasteiger partial charge in [-0.1, -0.05) is 6.07 Å². The lowest BCUT2D eigenvalue weighted by molar-refractivity contribution is 0.309. The highest BCUT2D eigenvalue weighted by Gasteiger charge is 2.31. The number of sulfonamides is 1. The van der Waals surface area contributed by atoms with E-state index >= 15 is 0 Å². The lowest BCUT2D eigenvalue weighted by Crippen LogP contribution is -2.42. The first kappa shape index (κ1) is 13.2. The summed E-state index contributed by atoms with van der Waals surface area (Å²) in [5, 5.41) is 10.9. The smallest absolute Gasteiger partial charge is 0.233 e. The first-order valence-electron chi connectivity index (χ1n) is 5.99. The zero-order valence-electron chi connectivity index (χ0n) is 10.4. The van der Waals surface area contributed by atoms with E-state index in [-0.39, 0.29) is 10.5 Å². The minimum absolute atomic E-state index is 0.0604. The molecule has 101 valence electrons. The number of hydrogen-bond donors (Lipinski definition) is 0. The van der Waals surface area contributed by atoms with Crippen LogP contribution in [0.4, 0.5) is 0 Å². The Hall–Kier alpha value is -1.75. The van der Waals surface area contributed by atoms with Crippen LogP contribution in [-0.2, 0) is 10.0 Å². The second-order valence-corrected chi connectivity index (χ2v) is 6.96. The maximum Gasteiger partial charge on any atom is 0.244 e. The average Bonchev–Trinajstić information content (AvgIpc) is 2.89. The molecule has 2 aromatic rings. The van der Waals surface area contributed by atoms with Gasteiger partial charge < -0.3 is 0 Å². The van der Waals surface area contributed by atoms with Crippen LogP contribution < -0.4 is 0 Å². The molecule has 1 fully saturated rings. The maximum absolute atomic E-state index is 12.5. The Kier molecular flexibility index (Phi) is 3.30. The van der Waals surface area contributed by atoms with Gasteiger partial charge in [0.1, 0.15) is 11.0 Å². The van der Waals surface area contributed by atoms with E-state index in [4.69, 9.17) is 5.26 Å². The van der Waals surface area contributed by atoms with Gasteiger partial charge in [-0.05, 0) is 18.6 Å². The molecule has 1 radical (unpaired) electrons. The largest absolute Gasteiger partial charge is 0.244 e. The Morgan fingerprint density at radius 2 is 2.20 bits per heavy atom. The summed E-state index contributed by atoms with van der Waals surface area (Å²) in [6.07, 6.45) is 0.863. The van der Waals surface area contributed by atoms with Crippen LogP contribution in [0.2, 0.25) is 0 Å². The predicted molar refractivity (Wildman–Crippen MR) is 74.5 cm³/mol. The van der Waals surface area contributed by atoms with Crippen LogP contribution in [0.3, 0.4) is 0 Å². The van der Waals surface area contributed by atoms with Crippen molar-refractivity contribution in [3.8, 4) is 17.3 Å². The van der Waals surface area contributed by atoms with Gasteiger partial charge in [0, 0.05) is 24.0 Å². The first-order chi connectivity index (χ1) is 9.63. The molecule has 1 aliphatic heterocycles. The fraction of sp³-hybridized carbons (Fsp3) is 0.231. The SMILES string of the molecule is N#Cc1ccc(-c2cs[c]n2)cc1S(=O)(=O)N1CCC1. The monoisotopic (exact) mass is 304 g/mol. The summed E-state index contributed by atoms with van der Waals surface area (Å²) in [4.78, 5) is 4.11. The van der Waals surface area contributed by atoms with Gasteiger partial charge in [-0.25, -0.2) is 13.4 Å². The topological polar surface area (TPSA) is 74.1 Å². The van der Waals surface area contributed by atoms with Gasteiger partial charge in [-0.3, -0.25) is 0 Å². The van der Waals surface area contributed by atoms with Crippen LogP contribution >= 0.6 is 11.3 Å². The molecule has 0 atom stereocenters. The molecular formula is C13H10N3O2S2.